The third kappa shape index (κ3) is 7.11. The van der Waals surface area contributed by atoms with E-state index in [0.717, 1.165) is 6.54 Å². The van der Waals surface area contributed by atoms with Gasteiger partial charge in [-0.15, -0.1) is 0 Å². The molecule has 0 aromatic heterocycles. The molecular formula is C25H39N. The Labute approximate surface area is 161 Å². The zero-order chi connectivity index (χ0) is 18.6. The Hall–Kier alpha value is -1.34. The summed E-state index contributed by atoms with van der Waals surface area (Å²) in [4.78, 5) is 2.30. The summed E-state index contributed by atoms with van der Waals surface area (Å²) < 4.78 is 0. The minimum absolute atomic E-state index is 1.04. The fourth-order valence-electron chi connectivity index (χ4n) is 3.92. The van der Waals surface area contributed by atoms with Crippen molar-refractivity contribution in [1.82, 2.24) is 4.90 Å². The Bertz CT molecular complexity index is 629. The number of rotatable bonds is 13. The van der Waals surface area contributed by atoms with Crippen LogP contribution in [0.25, 0.3) is 10.8 Å². The van der Waals surface area contributed by atoms with Crippen molar-refractivity contribution in [3.05, 3.63) is 47.5 Å². The van der Waals surface area contributed by atoms with Gasteiger partial charge in [0, 0.05) is 6.54 Å². The topological polar surface area (TPSA) is 3.24 Å². The van der Waals surface area contributed by atoms with Crippen LogP contribution in [-0.2, 0) is 13.0 Å². The van der Waals surface area contributed by atoms with Gasteiger partial charge >= 0.3 is 0 Å². The molecule has 0 spiro atoms. The summed E-state index contributed by atoms with van der Waals surface area (Å²) in [5, 5.41) is 2.81. The number of aryl methyl sites for hydroxylation is 1. The molecule has 0 saturated carbocycles. The number of hydrogen-bond acceptors (Lipinski definition) is 1. The Morgan fingerprint density at radius 1 is 0.692 bits per heavy atom. The van der Waals surface area contributed by atoms with Crippen molar-refractivity contribution in [3.8, 4) is 0 Å². The van der Waals surface area contributed by atoms with Crippen LogP contribution in [0.2, 0.25) is 0 Å². The van der Waals surface area contributed by atoms with Gasteiger partial charge in [0.2, 0.25) is 0 Å². The van der Waals surface area contributed by atoms with Crippen LogP contribution in [0.4, 0.5) is 0 Å². The lowest BCUT2D eigenvalue weighted by atomic mass is 9.94. The lowest BCUT2D eigenvalue weighted by molar-refractivity contribution is 0.402. The molecular weight excluding hydrogens is 314 g/mol. The van der Waals surface area contributed by atoms with Crippen molar-refractivity contribution < 1.29 is 0 Å². The predicted octanol–water partition coefficient (Wildman–Crippen LogP) is 7.36. The molecule has 144 valence electrons. The fraction of sp³-hybridized carbons (Fsp3) is 0.600. The zero-order valence-corrected chi connectivity index (χ0v) is 17.4. The van der Waals surface area contributed by atoms with Crippen LogP contribution in [0.3, 0.4) is 0 Å². The standard InChI is InChI=1S/C25H39N/c1-4-5-6-7-8-9-10-11-12-13-16-23-20-19-22-17-14-15-18-24(22)25(23)21-26(2)3/h14-15,17-20H,4-13,16,21H2,1-3H3. The maximum absolute atomic E-state index is 2.37. The van der Waals surface area contributed by atoms with Crippen molar-refractivity contribution >= 4 is 10.8 Å². The van der Waals surface area contributed by atoms with Crippen LogP contribution in [-0.4, -0.2) is 19.0 Å². The Balaban J connectivity index is 1.77. The average molecular weight is 354 g/mol. The molecule has 0 amide bonds. The summed E-state index contributed by atoms with van der Waals surface area (Å²) in [6.07, 6.45) is 15.3. The van der Waals surface area contributed by atoms with E-state index < -0.39 is 0 Å². The van der Waals surface area contributed by atoms with Gasteiger partial charge in [-0.3, -0.25) is 0 Å². The number of unbranched alkanes of at least 4 members (excludes halogenated alkanes) is 9. The smallest absolute Gasteiger partial charge is 0.0236 e. The van der Waals surface area contributed by atoms with Gasteiger partial charge in [0.15, 0.2) is 0 Å². The van der Waals surface area contributed by atoms with Crippen molar-refractivity contribution in [2.75, 3.05) is 14.1 Å². The molecule has 0 fully saturated rings. The van der Waals surface area contributed by atoms with Gasteiger partial charge in [0.05, 0.1) is 0 Å². The quantitative estimate of drug-likeness (QED) is 0.340. The first-order valence-corrected chi connectivity index (χ1v) is 10.9. The maximum Gasteiger partial charge on any atom is 0.0236 e. The predicted molar refractivity (Wildman–Crippen MR) is 117 cm³/mol. The highest BCUT2D eigenvalue weighted by atomic mass is 15.0. The summed E-state index contributed by atoms with van der Waals surface area (Å²) in [5.41, 5.74) is 3.08. The van der Waals surface area contributed by atoms with Crippen molar-refractivity contribution in [2.24, 2.45) is 0 Å². The molecule has 26 heavy (non-hydrogen) atoms. The first kappa shape index (κ1) is 21.0. The fourth-order valence-corrected chi connectivity index (χ4v) is 3.92. The number of hydrogen-bond donors (Lipinski definition) is 0. The molecule has 0 radical (unpaired) electrons. The summed E-state index contributed by atoms with van der Waals surface area (Å²) in [5.74, 6) is 0. The number of fused-ring (bicyclic) bond motifs is 1. The summed E-state index contributed by atoms with van der Waals surface area (Å²) >= 11 is 0. The minimum Gasteiger partial charge on any atom is -0.305 e. The van der Waals surface area contributed by atoms with Gasteiger partial charge in [0.25, 0.3) is 0 Å². The number of benzene rings is 2. The van der Waals surface area contributed by atoms with Gasteiger partial charge in [0.1, 0.15) is 0 Å². The van der Waals surface area contributed by atoms with Gasteiger partial charge in [-0.2, -0.15) is 0 Å². The lowest BCUT2D eigenvalue weighted by Crippen LogP contribution is -2.13. The van der Waals surface area contributed by atoms with Gasteiger partial charge in [-0.25, -0.2) is 0 Å². The molecule has 0 N–H and O–H groups in total. The third-order valence-electron chi connectivity index (χ3n) is 5.41. The van der Waals surface area contributed by atoms with Crippen LogP contribution >= 0.6 is 0 Å². The van der Waals surface area contributed by atoms with E-state index in [-0.39, 0.29) is 0 Å². The minimum atomic E-state index is 1.04. The van der Waals surface area contributed by atoms with E-state index in [2.05, 4.69) is 62.3 Å². The van der Waals surface area contributed by atoms with Crippen LogP contribution in [0.15, 0.2) is 36.4 Å². The van der Waals surface area contributed by atoms with Crippen molar-refractivity contribution in [1.29, 1.82) is 0 Å². The van der Waals surface area contributed by atoms with E-state index >= 15 is 0 Å². The molecule has 0 heterocycles. The van der Waals surface area contributed by atoms with Crippen LogP contribution in [0.5, 0.6) is 0 Å². The summed E-state index contributed by atoms with van der Waals surface area (Å²) in [6.45, 7) is 3.33. The van der Waals surface area contributed by atoms with E-state index in [4.69, 9.17) is 0 Å². The second-order valence-corrected chi connectivity index (χ2v) is 8.09. The van der Waals surface area contributed by atoms with Crippen molar-refractivity contribution in [2.45, 2.75) is 84.1 Å². The second kappa shape index (κ2) is 12.1. The SMILES string of the molecule is CCCCCCCCCCCCc1ccc2ccccc2c1CN(C)C. The summed E-state index contributed by atoms with van der Waals surface area (Å²) in [7, 11) is 4.35. The molecule has 0 aliphatic rings. The molecule has 0 aliphatic heterocycles. The monoisotopic (exact) mass is 353 g/mol. The molecule has 0 unspecified atom stereocenters. The number of nitrogens with zero attached hydrogens (tertiary/aromatic N) is 1. The van der Waals surface area contributed by atoms with Gasteiger partial charge < -0.3 is 4.90 Å². The average Bonchev–Trinajstić information content (AvgIpc) is 2.64. The van der Waals surface area contributed by atoms with E-state index in [0.29, 0.717) is 0 Å². The molecule has 2 aromatic rings. The molecule has 2 aromatic carbocycles. The Kier molecular flexibility index (Phi) is 9.77. The van der Waals surface area contributed by atoms with Crippen LogP contribution < -0.4 is 0 Å². The largest absolute Gasteiger partial charge is 0.305 e. The molecule has 0 saturated heterocycles. The Morgan fingerprint density at radius 2 is 1.31 bits per heavy atom. The highest BCUT2D eigenvalue weighted by Crippen LogP contribution is 2.25. The molecule has 0 atom stereocenters. The highest BCUT2D eigenvalue weighted by Gasteiger charge is 2.08. The molecule has 2 rings (SSSR count). The van der Waals surface area contributed by atoms with E-state index in [9.17, 15) is 0 Å². The normalized spacial score (nSPS) is 11.5. The second-order valence-electron chi connectivity index (χ2n) is 8.09. The van der Waals surface area contributed by atoms with Crippen molar-refractivity contribution in [3.63, 3.8) is 0 Å². The van der Waals surface area contributed by atoms with Crippen LogP contribution in [0.1, 0.15) is 82.3 Å². The molecule has 1 nitrogen and oxygen atoms in total. The lowest BCUT2D eigenvalue weighted by Gasteiger charge is -2.17. The van der Waals surface area contributed by atoms with Crippen LogP contribution in [0, 0.1) is 0 Å². The maximum atomic E-state index is 2.37. The van der Waals surface area contributed by atoms with E-state index in [1.807, 2.05) is 0 Å². The third-order valence-corrected chi connectivity index (χ3v) is 5.41. The zero-order valence-electron chi connectivity index (χ0n) is 17.4. The van der Waals surface area contributed by atoms with E-state index in [1.54, 1.807) is 5.56 Å². The Morgan fingerprint density at radius 3 is 1.96 bits per heavy atom. The van der Waals surface area contributed by atoms with Gasteiger partial charge in [-0.1, -0.05) is 101 Å². The first-order chi connectivity index (χ1) is 12.7. The van der Waals surface area contributed by atoms with E-state index in [1.165, 1.54) is 87.0 Å². The highest BCUT2D eigenvalue weighted by molar-refractivity contribution is 5.86. The van der Waals surface area contributed by atoms with Gasteiger partial charge in [-0.05, 0) is 48.8 Å². The molecule has 0 aliphatic carbocycles. The molecule has 0 bridgehead atoms. The summed E-state index contributed by atoms with van der Waals surface area (Å²) in [6, 6.07) is 13.5. The molecule has 1 heteroatoms. The first-order valence-electron chi connectivity index (χ1n) is 10.9.